The summed E-state index contributed by atoms with van der Waals surface area (Å²) in [5, 5.41) is 16.9. The molecule has 10 N–H and O–H groups in total. The minimum Gasteiger partial charge on any atom is -0.480 e. The molecule has 25 heavy (non-hydrogen) atoms. The van der Waals surface area contributed by atoms with E-state index in [1.165, 1.54) is 0 Å². The minimum absolute atomic E-state index is 0. The molecule has 0 bridgehead atoms. The van der Waals surface area contributed by atoms with Gasteiger partial charge in [0.2, 0.25) is 0 Å². The molecule has 0 aliphatic rings. The largest absolute Gasteiger partial charge is 0.480 e. The number of rotatable bonds is 8. The molecule has 136 valence electrons. The molecule has 10 heteroatoms. The molecule has 0 radical (unpaired) electrons. The number of aliphatic imine (C=N–C) groups is 1. The Hall–Kier alpha value is -2.03. The molecule has 1 rings (SSSR count). The Bertz CT molecular complexity index is 538. The van der Waals surface area contributed by atoms with E-state index in [0.717, 1.165) is 5.56 Å². The van der Waals surface area contributed by atoms with Crippen molar-refractivity contribution in [1.82, 2.24) is 0 Å². The van der Waals surface area contributed by atoms with E-state index in [1.807, 2.05) is 30.3 Å². The van der Waals surface area contributed by atoms with Crippen molar-refractivity contribution in [2.75, 3.05) is 6.54 Å². The molecule has 0 unspecified atom stereocenters. The summed E-state index contributed by atoms with van der Waals surface area (Å²) in [5.41, 5.74) is 21.6. The molecule has 0 spiro atoms. The van der Waals surface area contributed by atoms with E-state index in [0.29, 0.717) is 25.8 Å². The van der Waals surface area contributed by atoms with Gasteiger partial charge in [0.1, 0.15) is 12.1 Å². The van der Waals surface area contributed by atoms with E-state index in [1.54, 1.807) is 0 Å². The number of aliphatic carboxylic acids is 2. The van der Waals surface area contributed by atoms with Crippen LogP contribution in [0, 0.1) is 0 Å². The molecule has 1 aromatic rings. The van der Waals surface area contributed by atoms with Gasteiger partial charge in [0.15, 0.2) is 5.96 Å². The Morgan fingerprint density at radius 2 is 1.52 bits per heavy atom. The SMILES string of the molecule is NC(N)=NCCC[C@H](N)C(=O)O.N[C@@H](Cc1ccccc1)C(=O)O.[Zn]. The Balaban J connectivity index is 0. The predicted octanol–water partition coefficient (Wildman–Crippen LogP) is -0.910. The molecule has 0 heterocycles. The van der Waals surface area contributed by atoms with E-state index in [-0.39, 0.29) is 25.4 Å². The summed E-state index contributed by atoms with van der Waals surface area (Å²) in [6, 6.07) is 7.72. The molecule has 0 fully saturated rings. The standard InChI is InChI=1S/C9H11NO2.C6H14N4O2.Zn/c10-8(9(11)12)6-7-4-2-1-3-5-7;7-4(5(11)12)2-1-3-10-6(8)9;/h1-5,8H,6,10H2,(H,11,12);4H,1-3,7H2,(H,11,12)(H4,8,9,10);/t8-;4-;/m00./s1. The summed E-state index contributed by atoms with van der Waals surface area (Å²) in [7, 11) is 0. The van der Waals surface area contributed by atoms with E-state index < -0.39 is 24.0 Å². The molecule has 2 atom stereocenters. The number of carboxylic acids is 2. The summed E-state index contributed by atoms with van der Waals surface area (Å²) < 4.78 is 0. The van der Waals surface area contributed by atoms with Gasteiger partial charge in [0.25, 0.3) is 0 Å². The topological polar surface area (TPSA) is 191 Å². The normalized spacial score (nSPS) is 11.8. The maximum absolute atomic E-state index is 10.4. The van der Waals surface area contributed by atoms with Crippen molar-refractivity contribution in [3.63, 3.8) is 0 Å². The zero-order valence-corrected chi connectivity index (χ0v) is 17.0. The van der Waals surface area contributed by atoms with Crippen LogP contribution in [0.15, 0.2) is 35.3 Å². The smallest absolute Gasteiger partial charge is 0.320 e. The summed E-state index contributed by atoms with van der Waals surface area (Å²) in [6.07, 6.45) is 1.34. The van der Waals surface area contributed by atoms with E-state index in [2.05, 4.69) is 4.99 Å². The average Bonchev–Trinajstić information content (AvgIpc) is 2.52. The van der Waals surface area contributed by atoms with E-state index >= 15 is 0 Å². The van der Waals surface area contributed by atoms with Gasteiger partial charge in [-0.15, -0.1) is 0 Å². The summed E-state index contributed by atoms with van der Waals surface area (Å²) >= 11 is 0. The maximum Gasteiger partial charge on any atom is 0.320 e. The van der Waals surface area contributed by atoms with Crippen molar-refractivity contribution >= 4 is 17.9 Å². The maximum atomic E-state index is 10.4. The first-order valence-electron chi connectivity index (χ1n) is 7.30. The number of carboxylic acid groups (broad SMARTS) is 2. The second kappa shape index (κ2) is 14.3. The quantitative estimate of drug-likeness (QED) is 0.139. The van der Waals surface area contributed by atoms with Crippen LogP contribution in [0.3, 0.4) is 0 Å². The molecular weight excluding hydrogens is 380 g/mol. The van der Waals surface area contributed by atoms with Crippen LogP contribution >= 0.6 is 0 Å². The molecule has 0 saturated heterocycles. The van der Waals surface area contributed by atoms with Crippen molar-refractivity contribution in [3.8, 4) is 0 Å². The zero-order chi connectivity index (χ0) is 18.5. The number of benzene rings is 1. The van der Waals surface area contributed by atoms with Gasteiger partial charge in [0.05, 0.1) is 0 Å². The third kappa shape index (κ3) is 14.1. The predicted molar refractivity (Wildman–Crippen MR) is 91.3 cm³/mol. The molecule has 0 amide bonds. The van der Waals surface area contributed by atoms with Crippen molar-refractivity contribution in [1.29, 1.82) is 0 Å². The number of hydrogen-bond acceptors (Lipinski definition) is 5. The van der Waals surface area contributed by atoms with Crippen LogP contribution in [-0.4, -0.2) is 46.7 Å². The van der Waals surface area contributed by atoms with Crippen LogP contribution in [-0.2, 0) is 35.5 Å². The fourth-order valence-electron chi connectivity index (χ4n) is 1.60. The second-order valence-electron chi connectivity index (χ2n) is 5.03. The first-order valence-corrected chi connectivity index (χ1v) is 7.30. The second-order valence-corrected chi connectivity index (χ2v) is 5.03. The number of carbonyl (C=O) groups is 2. The van der Waals surface area contributed by atoms with Crippen LogP contribution in [0.5, 0.6) is 0 Å². The van der Waals surface area contributed by atoms with E-state index in [9.17, 15) is 9.59 Å². The minimum atomic E-state index is -1.00. The number of nitrogens with zero attached hydrogens (tertiary/aromatic N) is 1. The molecule has 1 aromatic carbocycles. The van der Waals surface area contributed by atoms with Crippen LogP contribution in [0.2, 0.25) is 0 Å². The van der Waals surface area contributed by atoms with Gasteiger partial charge >= 0.3 is 11.9 Å². The van der Waals surface area contributed by atoms with Crippen LogP contribution in [0.25, 0.3) is 0 Å². The van der Waals surface area contributed by atoms with Gasteiger partial charge in [-0.3, -0.25) is 14.6 Å². The van der Waals surface area contributed by atoms with Gasteiger partial charge in [-0.05, 0) is 24.8 Å². The molecular formula is C15H25N5O4Zn. The van der Waals surface area contributed by atoms with Crippen molar-refractivity contribution in [2.45, 2.75) is 31.3 Å². The number of nitrogens with two attached hydrogens (primary N) is 4. The Kier molecular flexibility index (Phi) is 14.5. The van der Waals surface area contributed by atoms with Gasteiger partial charge < -0.3 is 33.1 Å². The third-order valence-corrected chi connectivity index (χ3v) is 2.90. The summed E-state index contributed by atoms with van der Waals surface area (Å²) in [5.74, 6) is -1.95. The van der Waals surface area contributed by atoms with Crippen molar-refractivity contribution in [2.24, 2.45) is 27.9 Å². The number of guanidine groups is 1. The van der Waals surface area contributed by atoms with Crippen LogP contribution in [0.1, 0.15) is 18.4 Å². The fourth-order valence-corrected chi connectivity index (χ4v) is 1.60. The molecule has 0 aliphatic heterocycles. The van der Waals surface area contributed by atoms with E-state index in [4.69, 9.17) is 33.1 Å². The Morgan fingerprint density at radius 1 is 1.00 bits per heavy atom. The van der Waals surface area contributed by atoms with Crippen molar-refractivity contribution < 1.29 is 39.3 Å². The monoisotopic (exact) mass is 403 g/mol. The molecule has 0 aliphatic carbocycles. The average molecular weight is 405 g/mol. The zero-order valence-electron chi connectivity index (χ0n) is 14.0. The Morgan fingerprint density at radius 3 is 1.96 bits per heavy atom. The molecule has 0 aromatic heterocycles. The molecule has 0 saturated carbocycles. The number of hydrogen-bond donors (Lipinski definition) is 6. The van der Waals surface area contributed by atoms with Gasteiger partial charge in [-0.25, -0.2) is 0 Å². The summed E-state index contributed by atoms with van der Waals surface area (Å²) in [4.78, 5) is 24.3. The first kappa shape index (κ1) is 25.2. The third-order valence-electron chi connectivity index (χ3n) is 2.90. The molecule has 9 nitrogen and oxygen atoms in total. The van der Waals surface area contributed by atoms with Crippen LogP contribution in [0.4, 0.5) is 0 Å². The van der Waals surface area contributed by atoms with Gasteiger partial charge in [-0.2, -0.15) is 0 Å². The first-order chi connectivity index (χ1) is 11.2. The fraction of sp³-hybridized carbons (Fsp3) is 0.400. The Labute approximate surface area is 159 Å². The van der Waals surface area contributed by atoms with Crippen LogP contribution < -0.4 is 22.9 Å². The van der Waals surface area contributed by atoms with Gasteiger partial charge in [-0.1, -0.05) is 30.3 Å². The summed E-state index contributed by atoms with van der Waals surface area (Å²) in [6.45, 7) is 0.420. The van der Waals surface area contributed by atoms with Gasteiger partial charge in [0, 0.05) is 26.0 Å². The van der Waals surface area contributed by atoms with Crippen molar-refractivity contribution in [3.05, 3.63) is 35.9 Å².